The summed E-state index contributed by atoms with van der Waals surface area (Å²) in [6.45, 7) is 0. The summed E-state index contributed by atoms with van der Waals surface area (Å²) in [6, 6.07) is 32.0. The summed E-state index contributed by atoms with van der Waals surface area (Å²) >= 11 is 1.23. The van der Waals surface area contributed by atoms with Gasteiger partial charge in [-0.05, 0) is 0 Å². The average molecular weight is 585 g/mol. The summed E-state index contributed by atoms with van der Waals surface area (Å²) in [7, 11) is 0. The fourth-order valence-corrected chi connectivity index (χ4v) is 6.30. The number of hydrogen-bond donors (Lipinski definition) is 0. The summed E-state index contributed by atoms with van der Waals surface area (Å²) in [5.41, 5.74) is 5.69. The molecule has 3 aromatic carbocycles. The molecule has 3 aromatic rings. The zero-order valence-electron chi connectivity index (χ0n) is 14.3. The third-order valence-corrected chi connectivity index (χ3v) is 8.07. The Morgan fingerprint density at radius 1 is 0.538 bits per heavy atom. The molecule has 1 radical (unpaired) electrons. The van der Waals surface area contributed by atoms with Gasteiger partial charge in [0, 0.05) is 20.4 Å². The van der Waals surface area contributed by atoms with Crippen LogP contribution in [-0.2, 0) is 41.7 Å². The van der Waals surface area contributed by atoms with Crippen LogP contribution in [0.25, 0.3) is 0 Å². The molecule has 0 bridgehead atoms. The Kier molecular flexibility index (Phi) is 12.5. The van der Waals surface area contributed by atoms with Crippen LogP contribution in [0.1, 0.15) is 22.3 Å². The molecule has 4 heteroatoms. The Labute approximate surface area is 189 Å². The molecule has 0 atom stereocenters. The summed E-state index contributed by atoms with van der Waals surface area (Å²) in [4.78, 5) is 0. The van der Waals surface area contributed by atoms with E-state index in [0.717, 1.165) is 0 Å². The molecule has 0 N–H and O–H groups in total. The molecule has 0 fully saturated rings. The number of benzene rings is 3. The SMILES string of the molecule is [Cl-].[Pd].[c]1c(C[Se]Cc2ccccc2)cccc1C[Se]Cc1ccccc1. The van der Waals surface area contributed by atoms with Crippen LogP contribution in [-0.4, -0.2) is 29.9 Å². The molecule has 0 unspecified atom stereocenters. The van der Waals surface area contributed by atoms with Gasteiger partial charge in [-0.2, -0.15) is 0 Å². The first kappa shape index (κ1) is 23.7. The molecule has 0 spiro atoms. The van der Waals surface area contributed by atoms with E-state index in [1.165, 1.54) is 43.5 Å². The quantitative estimate of drug-likeness (QED) is 0.350. The van der Waals surface area contributed by atoms with E-state index in [4.69, 9.17) is 0 Å². The topological polar surface area (TPSA) is 0 Å². The minimum atomic E-state index is 0. The van der Waals surface area contributed by atoms with Crippen LogP contribution in [0.3, 0.4) is 0 Å². The van der Waals surface area contributed by atoms with Crippen LogP contribution in [0, 0.1) is 6.07 Å². The molecule has 0 aliphatic carbocycles. The number of rotatable bonds is 8. The summed E-state index contributed by atoms with van der Waals surface area (Å²) in [5, 5.41) is 4.79. The second-order valence-electron chi connectivity index (χ2n) is 5.66. The molecule has 3 rings (SSSR count). The van der Waals surface area contributed by atoms with E-state index in [0.29, 0.717) is 29.9 Å². The Bertz CT molecular complexity index is 675. The third kappa shape index (κ3) is 8.56. The van der Waals surface area contributed by atoms with Crippen LogP contribution in [0.5, 0.6) is 0 Å². The van der Waals surface area contributed by atoms with Gasteiger partial charge in [0.1, 0.15) is 0 Å². The first-order valence-electron chi connectivity index (χ1n) is 8.13. The van der Waals surface area contributed by atoms with E-state index in [1.807, 2.05) is 0 Å². The van der Waals surface area contributed by atoms with Gasteiger partial charge in [0.25, 0.3) is 0 Å². The van der Waals surface area contributed by atoms with E-state index in [9.17, 15) is 0 Å². The normalized spacial score (nSPS) is 9.85. The first-order chi connectivity index (χ1) is 11.9. The Morgan fingerprint density at radius 2 is 0.962 bits per heavy atom. The van der Waals surface area contributed by atoms with Crippen LogP contribution < -0.4 is 12.4 Å². The molecule has 0 aliphatic rings. The van der Waals surface area contributed by atoms with Crippen molar-refractivity contribution in [3.63, 3.8) is 0 Å². The van der Waals surface area contributed by atoms with Gasteiger partial charge in [-0.25, -0.2) is 0 Å². The molecule has 0 saturated heterocycles. The van der Waals surface area contributed by atoms with Crippen molar-refractivity contribution in [2.24, 2.45) is 0 Å². The number of hydrogen-bond acceptors (Lipinski definition) is 0. The van der Waals surface area contributed by atoms with E-state index < -0.39 is 0 Å². The fourth-order valence-electron chi connectivity index (χ4n) is 2.44. The van der Waals surface area contributed by atoms with Crippen LogP contribution in [0.2, 0.25) is 0 Å². The van der Waals surface area contributed by atoms with Gasteiger partial charge in [0.15, 0.2) is 0 Å². The fraction of sp³-hybridized carbons (Fsp3) is 0.182. The van der Waals surface area contributed by atoms with E-state index in [2.05, 4.69) is 84.9 Å². The Balaban J connectivity index is 0.00000169. The second kappa shape index (κ2) is 13.8. The van der Waals surface area contributed by atoms with Crippen molar-refractivity contribution < 1.29 is 32.8 Å². The Hall–Kier alpha value is -0.349. The second-order valence-corrected chi connectivity index (χ2v) is 9.79. The van der Waals surface area contributed by atoms with E-state index >= 15 is 0 Å². The molecule has 0 aromatic heterocycles. The molecule has 0 heterocycles. The zero-order valence-corrected chi connectivity index (χ0v) is 20.1. The molecule has 139 valence electrons. The van der Waals surface area contributed by atoms with Crippen LogP contribution >= 0.6 is 0 Å². The number of halogens is 1. The molecule has 0 saturated carbocycles. The van der Waals surface area contributed by atoms with Gasteiger partial charge in [-0.15, -0.1) is 0 Å². The first-order valence-corrected chi connectivity index (χ1v) is 13.0. The van der Waals surface area contributed by atoms with Gasteiger partial charge in [-0.3, -0.25) is 0 Å². The van der Waals surface area contributed by atoms with Crippen molar-refractivity contribution >= 4 is 29.9 Å². The molecule has 0 amide bonds. The van der Waals surface area contributed by atoms with Gasteiger partial charge in [0.05, 0.1) is 0 Å². The monoisotopic (exact) mass is 586 g/mol. The minimum absolute atomic E-state index is 0. The van der Waals surface area contributed by atoms with Gasteiger partial charge in [-0.1, -0.05) is 0 Å². The van der Waals surface area contributed by atoms with Crippen molar-refractivity contribution in [3.05, 3.63) is 107 Å². The van der Waals surface area contributed by atoms with Gasteiger partial charge < -0.3 is 12.4 Å². The predicted octanol–water partition coefficient (Wildman–Crippen LogP) is 1.30. The van der Waals surface area contributed by atoms with E-state index in [1.54, 1.807) is 0 Å². The summed E-state index contributed by atoms with van der Waals surface area (Å²) in [6.07, 6.45) is 0. The van der Waals surface area contributed by atoms with Crippen molar-refractivity contribution in [2.75, 3.05) is 0 Å². The van der Waals surface area contributed by atoms with Crippen LogP contribution in [0.15, 0.2) is 78.9 Å². The molecule has 26 heavy (non-hydrogen) atoms. The van der Waals surface area contributed by atoms with Crippen molar-refractivity contribution in [1.82, 2.24) is 0 Å². The summed E-state index contributed by atoms with van der Waals surface area (Å²) < 4.78 is 0. The Morgan fingerprint density at radius 3 is 1.38 bits per heavy atom. The maximum absolute atomic E-state index is 3.65. The van der Waals surface area contributed by atoms with Gasteiger partial charge in [0.2, 0.25) is 0 Å². The van der Waals surface area contributed by atoms with Crippen molar-refractivity contribution in [2.45, 2.75) is 21.3 Å². The zero-order chi connectivity index (χ0) is 16.5. The van der Waals surface area contributed by atoms with Crippen molar-refractivity contribution in [1.29, 1.82) is 0 Å². The molecular weight excluding hydrogens is 564 g/mol. The average Bonchev–Trinajstić information content (AvgIpc) is 2.64. The summed E-state index contributed by atoms with van der Waals surface area (Å²) in [5.74, 6) is 0. The molecule has 0 nitrogen and oxygen atoms in total. The maximum atomic E-state index is 3.65. The van der Waals surface area contributed by atoms with E-state index in [-0.39, 0.29) is 32.8 Å². The van der Waals surface area contributed by atoms with Gasteiger partial charge >= 0.3 is 158 Å². The molecule has 0 aliphatic heterocycles. The van der Waals surface area contributed by atoms with Crippen LogP contribution in [0.4, 0.5) is 0 Å². The third-order valence-electron chi connectivity index (χ3n) is 3.65. The standard InChI is InChI=1S/C22H21Se2.ClH.Pd/c1-3-8-19(9-4-1)15-23-17-21-12-7-13-22(14-21)18-24-16-20-10-5-2-6-11-20;;/h1-13H,15-18H2;1H;/p-1. The molecular formula is C22H21ClPdSe2-. The predicted molar refractivity (Wildman–Crippen MR) is 104 cm³/mol. The van der Waals surface area contributed by atoms with Crippen molar-refractivity contribution in [3.8, 4) is 0 Å².